The molecule has 20 heavy (non-hydrogen) atoms. The van der Waals surface area contributed by atoms with Gasteiger partial charge in [-0.15, -0.1) is 0 Å². The van der Waals surface area contributed by atoms with Gasteiger partial charge >= 0.3 is 5.97 Å². The summed E-state index contributed by atoms with van der Waals surface area (Å²) in [6.45, 7) is 2.11. The molecule has 1 atom stereocenters. The van der Waals surface area contributed by atoms with Crippen LogP contribution in [0.15, 0.2) is 24.3 Å². The van der Waals surface area contributed by atoms with Crippen LogP contribution >= 0.6 is 11.8 Å². The average Bonchev–Trinajstić information content (AvgIpc) is 3.27. The van der Waals surface area contributed by atoms with Crippen LogP contribution in [0.1, 0.15) is 35.7 Å². The maximum atomic E-state index is 12.0. The van der Waals surface area contributed by atoms with Gasteiger partial charge in [-0.3, -0.25) is 4.79 Å². The van der Waals surface area contributed by atoms with Gasteiger partial charge in [0.15, 0.2) is 0 Å². The highest BCUT2D eigenvalue weighted by Crippen LogP contribution is 2.32. The Labute approximate surface area is 123 Å². The molecule has 2 rings (SSSR count). The summed E-state index contributed by atoms with van der Waals surface area (Å²) in [5.41, 5.74) is 1.69. The van der Waals surface area contributed by atoms with Gasteiger partial charge in [0.25, 0.3) is 5.91 Å². The first-order valence-corrected chi connectivity index (χ1v) is 7.97. The van der Waals surface area contributed by atoms with Crippen molar-refractivity contribution in [3.63, 3.8) is 0 Å². The van der Waals surface area contributed by atoms with E-state index in [1.165, 1.54) is 5.56 Å². The van der Waals surface area contributed by atoms with Crippen LogP contribution in [0.4, 0.5) is 0 Å². The molecular formula is C15H19NO3S. The van der Waals surface area contributed by atoms with Crippen molar-refractivity contribution in [2.75, 3.05) is 5.75 Å². The highest BCUT2D eigenvalue weighted by Gasteiger charge is 2.37. The Morgan fingerprint density at radius 3 is 2.50 bits per heavy atom. The third-order valence-electron chi connectivity index (χ3n) is 3.34. The van der Waals surface area contributed by atoms with Gasteiger partial charge in [0.05, 0.1) is 0 Å². The molecule has 1 aromatic carbocycles. The predicted molar refractivity (Wildman–Crippen MR) is 79.9 cm³/mol. The van der Waals surface area contributed by atoms with Crippen LogP contribution in [0, 0.1) is 5.92 Å². The van der Waals surface area contributed by atoms with E-state index in [1.807, 2.05) is 23.9 Å². The maximum Gasteiger partial charge on any atom is 0.326 e. The van der Waals surface area contributed by atoms with E-state index in [0.717, 1.165) is 24.3 Å². The molecule has 0 bridgehead atoms. The Bertz CT molecular complexity index is 482. The van der Waals surface area contributed by atoms with Crippen LogP contribution in [-0.2, 0) is 10.5 Å². The summed E-state index contributed by atoms with van der Waals surface area (Å²) in [6.07, 6.45) is 1.76. The molecule has 1 aliphatic rings. The highest BCUT2D eigenvalue weighted by atomic mass is 32.2. The van der Waals surface area contributed by atoms with Gasteiger partial charge in [0.1, 0.15) is 6.04 Å². The van der Waals surface area contributed by atoms with Gasteiger partial charge in [-0.05, 0) is 42.2 Å². The predicted octanol–water partition coefficient (Wildman–Crippen LogP) is 2.53. The van der Waals surface area contributed by atoms with Crippen molar-refractivity contribution in [2.24, 2.45) is 5.92 Å². The SMILES string of the molecule is CCSCc1ccc(C(=O)NC(C(=O)O)C2CC2)cc1. The molecule has 0 aromatic heterocycles. The number of carbonyl (C=O) groups excluding carboxylic acids is 1. The lowest BCUT2D eigenvalue weighted by molar-refractivity contribution is -0.139. The van der Waals surface area contributed by atoms with E-state index in [4.69, 9.17) is 5.11 Å². The zero-order chi connectivity index (χ0) is 14.5. The molecule has 0 aliphatic heterocycles. The number of hydrogen-bond donors (Lipinski definition) is 2. The number of hydrogen-bond acceptors (Lipinski definition) is 3. The molecule has 5 heteroatoms. The van der Waals surface area contributed by atoms with Crippen LogP contribution in [0.2, 0.25) is 0 Å². The van der Waals surface area contributed by atoms with E-state index < -0.39 is 12.0 Å². The topological polar surface area (TPSA) is 66.4 Å². The van der Waals surface area contributed by atoms with Crippen molar-refractivity contribution in [3.8, 4) is 0 Å². The molecule has 0 radical (unpaired) electrons. The van der Waals surface area contributed by atoms with Crippen LogP contribution in [0.25, 0.3) is 0 Å². The lowest BCUT2D eigenvalue weighted by Crippen LogP contribution is -2.42. The Morgan fingerprint density at radius 1 is 1.35 bits per heavy atom. The number of thioether (sulfide) groups is 1. The molecule has 2 N–H and O–H groups in total. The monoisotopic (exact) mass is 293 g/mol. The molecule has 4 nitrogen and oxygen atoms in total. The smallest absolute Gasteiger partial charge is 0.326 e. The van der Waals surface area contributed by atoms with Gasteiger partial charge in [-0.2, -0.15) is 11.8 Å². The average molecular weight is 293 g/mol. The van der Waals surface area contributed by atoms with E-state index >= 15 is 0 Å². The number of amides is 1. The second-order valence-corrected chi connectivity index (χ2v) is 6.24. The van der Waals surface area contributed by atoms with Crippen molar-refractivity contribution >= 4 is 23.6 Å². The molecule has 1 fully saturated rings. The third kappa shape index (κ3) is 4.00. The van der Waals surface area contributed by atoms with Gasteiger partial charge in [0, 0.05) is 11.3 Å². The molecule has 0 spiro atoms. The zero-order valence-corrected chi connectivity index (χ0v) is 12.3. The van der Waals surface area contributed by atoms with Crippen molar-refractivity contribution in [2.45, 2.75) is 31.6 Å². The second kappa shape index (κ2) is 6.79. The fourth-order valence-corrected chi connectivity index (χ4v) is 2.64. The normalized spacial score (nSPS) is 15.7. The highest BCUT2D eigenvalue weighted by molar-refractivity contribution is 7.98. The first-order valence-electron chi connectivity index (χ1n) is 6.82. The lowest BCUT2D eigenvalue weighted by atomic mass is 10.1. The molecule has 0 saturated heterocycles. The molecule has 1 aromatic rings. The van der Waals surface area contributed by atoms with E-state index in [-0.39, 0.29) is 11.8 Å². The first-order chi connectivity index (χ1) is 9.61. The second-order valence-electron chi connectivity index (χ2n) is 4.96. The minimum absolute atomic E-state index is 0.0941. The fourth-order valence-electron chi connectivity index (χ4n) is 2.01. The van der Waals surface area contributed by atoms with Crippen LogP contribution in [-0.4, -0.2) is 28.8 Å². The number of aliphatic carboxylic acids is 1. The molecule has 0 heterocycles. The molecule has 1 amide bonds. The van der Waals surface area contributed by atoms with Gasteiger partial charge < -0.3 is 10.4 Å². The summed E-state index contributed by atoms with van der Waals surface area (Å²) >= 11 is 1.82. The van der Waals surface area contributed by atoms with E-state index in [0.29, 0.717) is 5.56 Å². The molecule has 1 aliphatic carbocycles. The summed E-state index contributed by atoms with van der Waals surface area (Å²) in [7, 11) is 0. The molecule has 1 saturated carbocycles. The summed E-state index contributed by atoms with van der Waals surface area (Å²) in [5.74, 6) is 0.829. The quantitative estimate of drug-likeness (QED) is 0.810. The van der Waals surface area contributed by atoms with Gasteiger partial charge in [0.2, 0.25) is 0 Å². The molecule has 1 unspecified atom stereocenters. The number of nitrogens with one attached hydrogen (secondary N) is 1. The van der Waals surface area contributed by atoms with Crippen molar-refractivity contribution < 1.29 is 14.7 Å². The number of benzene rings is 1. The summed E-state index contributed by atoms with van der Waals surface area (Å²) in [6, 6.07) is 6.60. The van der Waals surface area contributed by atoms with Crippen molar-refractivity contribution in [1.82, 2.24) is 5.32 Å². The minimum Gasteiger partial charge on any atom is -0.480 e. The van der Waals surface area contributed by atoms with E-state index in [2.05, 4.69) is 12.2 Å². The Morgan fingerprint density at radius 2 is 2.00 bits per heavy atom. The number of carboxylic acids is 1. The molecule has 108 valence electrons. The number of carboxylic acid groups (broad SMARTS) is 1. The first kappa shape index (κ1) is 14.9. The summed E-state index contributed by atoms with van der Waals surface area (Å²) < 4.78 is 0. The van der Waals surface area contributed by atoms with Crippen LogP contribution < -0.4 is 5.32 Å². The number of carbonyl (C=O) groups is 2. The Balaban J connectivity index is 1.96. The van der Waals surface area contributed by atoms with E-state index in [9.17, 15) is 9.59 Å². The standard InChI is InChI=1S/C15H19NO3S/c1-2-20-9-10-3-5-12(6-4-10)14(17)16-13(15(18)19)11-7-8-11/h3-6,11,13H,2,7-9H2,1H3,(H,16,17)(H,18,19). The van der Waals surface area contributed by atoms with Gasteiger partial charge in [-0.25, -0.2) is 4.79 Å². The largest absolute Gasteiger partial charge is 0.480 e. The third-order valence-corrected chi connectivity index (χ3v) is 4.28. The number of rotatable bonds is 7. The fraction of sp³-hybridized carbons (Fsp3) is 0.467. The van der Waals surface area contributed by atoms with Crippen LogP contribution in [0.5, 0.6) is 0 Å². The van der Waals surface area contributed by atoms with Gasteiger partial charge in [-0.1, -0.05) is 19.1 Å². The van der Waals surface area contributed by atoms with Crippen molar-refractivity contribution in [1.29, 1.82) is 0 Å². The van der Waals surface area contributed by atoms with Crippen molar-refractivity contribution in [3.05, 3.63) is 35.4 Å². The zero-order valence-electron chi connectivity index (χ0n) is 11.5. The maximum absolute atomic E-state index is 12.0. The Kier molecular flexibility index (Phi) is 5.06. The Hall–Kier alpha value is -1.49. The van der Waals surface area contributed by atoms with Crippen LogP contribution in [0.3, 0.4) is 0 Å². The minimum atomic E-state index is -0.947. The summed E-state index contributed by atoms with van der Waals surface area (Å²) in [4.78, 5) is 23.1. The summed E-state index contributed by atoms with van der Waals surface area (Å²) in [5, 5.41) is 11.7. The lowest BCUT2D eigenvalue weighted by Gasteiger charge is -2.13. The van der Waals surface area contributed by atoms with E-state index in [1.54, 1.807) is 12.1 Å². The molecular weight excluding hydrogens is 274 g/mol.